The molecule has 0 heterocycles. The van der Waals surface area contributed by atoms with Gasteiger partial charge in [-0.2, -0.15) is 0 Å². The van der Waals surface area contributed by atoms with Gasteiger partial charge in [0, 0.05) is 5.92 Å². The minimum Gasteiger partial charge on any atom is -0.480 e. The maximum atomic E-state index is 10.4. The molecule has 0 aromatic carbocycles. The maximum absolute atomic E-state index is 10.4. The molecular weight excluding hydrogens is 150 g/mol. The lowest BCUT2D eigenvalue weighted by atomic mass is 10.1. The highest BCUT2D eigenvalue weighted by Gasteiger charge is 2.64. The van der Waals surface area contributed by atoms with Gasteiger partial charge >= 0.3 is 5.97 Å². The van der Waals surface area contributed by atoms with Gasteiger partial charge < -0.3 is 21.1 Å². The quantitative estimate of drug-likeness (QED) is 0.368. The first-order valence-corrected chi connectivity index (χ1v) is 3.25. The summed E-state index contributed by atoms with van der Waals surface area (Å²) in [7, 11) is 0. The molecule has 0 aliphatic heterocycles. The molecule has 0 spiro atoms. The Balaban J connectivity index is 2.68. The highest BCUT2D eigenvalue weighted by atomic mass is 16.5. The molecule has 11 heavy (non-hydrogen) atoms. The second-order valence-electron chi connectivity index (χ2n) is 3.20. The summed E-state index contributed by atoms with van der Waals surface area (Å²) < 4.78 is 0. The predicted molar refractivity (Wildman–Crippen MR) is 35.5 cm³/mol. The van der Waals surface area contributed by atoms with Crippen LogP contribution in [-0.2, 0) is 4.79 Å². The molecule has 0 radical (unpaired) electrons. The molecule has 2 unspecified atom stereocenters. The van der Waals surface area contributed by atoms with Gasteiger partial charge in [-0.1, -0.05) is 0 Å². The van der Waals surface area contributed by atoms with Crippen molar-refractivity contribution >= 4 is 5.97 Å². The van der Waals surface area contributed by atoms with Crippen molar-refractivity contribution in [1.29, 1.82) is 0 Å². The minimum atomic E-state index is -1.98. The highest BCUT2D eigenvalue weighted by Crippen LogP contribution is 2.47. The Morgan fingerprint density at radius 2 is 2.18 bits per heavy atom. The fourth-order valence-corrected chi connectivity index (χ4v) is 1.20. The lowest BCUT2D eigenvalue weighted by Gasteiger charge is -2.17. The summed E-state index contributed by atoms with van der Waals surface area (Å²) in [6.07, 6.45) is 0.117. The van der Waals surface area contributed by atoms with E-state index in [1.807, 2.05) is 0 Å². The molecule has 1 rings (SSSR count). The summed E-state index contributed by atoms with van der Waals surface area (Å²) >= 11 is 0. The molecule has 64 valence electrons. The van der Waals surface area contributed by atoms with Crippen LogP contribution in [0.2, 0.25) is 0 Å². The van der Waals surface area contributed by atoms with Gasteiger partial charge in [0.15, 0.2) is 5.79 Å². The number of aliphatic hydroxyl groups is 2. The first-order valence-electron chi connectivity index (χ1n) is 3.25. The van der Waals surface area contributed by atoms with Gasteiger partial charge in [0.25, 0.3) is 0 Å². The topological polar surface area (TPSA) is 104 Å². The first-order chi connectivity index (χ1) is 4.78. The lowest BCUT2D eigenvalue weighted by Crippen LogP contribution is -2.42. The molecule has 5 nitrogen and oxygen atoms in total. The lowest BCUT2D eigenvalue weighted by molar-refractivity contribution is -0.170. The van der Waals surface area contributed by atoms with E-state index in [-0.39, 0.29) is 6.42 Å². The van der Waals surface area contributed by atoms with Crippen molar-refractivity contribution in [1.82, 2.24) is 0 Å². The van der Waals surface area contributed by atoms with Crippen LogP contribution >= 0.6 is 0 Å². The first kappa shape index (κ1) is 8.45. The zero-order valence-electron chi connectivity index (χ0n) is 6.11. The molecule has 2 atom stereocenters. The van der Waals surface area contributed by atoms with E-state index in [0.717, 1.165) is 6.92 Å². The number of carboxylic acid groups (broad SMARTS) is 1. The fraction of sp³-hybridized carbons (Fsp3) is 0.833. The third kappa shape index (κ3) is 1.22. The van der Waals surface area contributed by atoms with Crippen molar-refractivity contribution in [3.63, 3.8) is 0 Å². The third-order valence-electron chi connectivity index (χ3n) is 2.06. The van der Waals surface area contributed by atoms with E-state index in [1.165, 1.54) is 0 Å². The minimum absolute atomic E-state index is 0.117. The Labute approximate surface area is 63.4 Å². The standard InChI is InChI=1S/C6H11NO4/c1-5(10,11)3-2-6(3,7)4(8)9/h3,10-11H,2,7H2,1H3,(H,8,9). The van der Waals surface area contributed by atoms with Crippen LogP contribution in [0, 0.1) is 5.92 Å². The number of hydrogen-bond donors (Lipinski definition) is 4. The molecule has 1 saturated carbocycles. The Bertz CT molecular complexity index is 197. The molecule has 0 saturated heterocycles. The van der Waals surface area contributed by atoms with E-state index >= 15 is 0 Å². The number of carbonyl (C=O) groups is 1. The number of hydrogen-bond acceptors (Lipinski definition) is 4. The van der Waals surface area contributed by atoms with Gasteiger partial charge in [-0.05, 0) is 13.3 Å². The van der Waals surface area contributed by atoms with Crippen LogP contribution in [0.1, 0.15) is 13.3 Å². The van der Waals surface area contributed by atoms with E-state index in [2.05, 4.69) is 0 Å². The Morgan fingerprint density at radius 1 is 1.73 bits per heavy atom. The normalized spacial score (nSPS) is 36.9. The summed E-state index contributed by atoms with van der Waals surface area (Å²) in [5.41, 5.74) is 3.87. The zero-order chi connectivity index (χ0) is 8.86. The average molecular weight is 161 g/mol. The molecule has 5 N–H and O–H groups in total. The fourth-order valence-electron chi connectivity index (χ4n) is 1.20. The molecule has 1 aliphatic carbocycles. The van der Waals surface area contributed by atoms with Crippen LogP contribution in [-0.4, -0.2) is 32.6 Å². The van der Waals surface area contributed by atoms with E-state index in [9.17, 15) is 4.79 Å². The number of nitrogens with two attached hydrogens (primary N) is 1. The predicted octanol–water partition coefficient (Wildman–Crippen LogP) is -1.51. The molecule has 0 aromatic rings. The number of aliphatic carboxylic acids is 1. The molecule has 1 fully saturated rings. The smallest absolute Gasteiger partial charge is 0.324 e. The van der Waals surface area contributed by atoms with Gasteiger partial charge in [-0.15, -0.1) is 0 Å². The molecule has 0 aromatic heterocycles. The summed E-state index contributed by atoms with van der Waals surface area (Å²) in [6.45, 7) is 1.13. The van der Waals surface area contributed by atoms with E-state index < -0.39 is 23.2 Å². The highest BCUT2D eigenvalue weighted by molar-refractivity contribution is 5.83. The van der Waals surface area contributed by atoms with Gasteiger partial charge in [0.05, 0.1) is 0 Å². The van der Waals surface area contributed by atoms with Crippen molar-refractivity contribution < 1.29 is 20.1 Å². The van der Waals surface area contributed by atoms with E-state index in [0.29, 0.717) is 0 Å². The van der Waals surface area contributed by atoms with Crippen molar-refractivity contribution in [2.24, 2.45) is 11.7 Å². The number of rotatable bonds is 2. The van der Waals surface area contributed by atoms with E-state index in [1.54, 1.807) is 0 Å². The van der Waals surface area contributed by atoms with Crippen LogP contribution in [0.25, 0.3) is 0 Å². The van der Waals surface area contributed by atoms with Crippen molar-refractivity contribution in [3.8, 4) is 0 Å². The second-order valence-corrected chi connectivity index (χ2v) is 3.20. The molecule has 0 amide bonds. The van der Waals surface area contributed by atoms with Crippen molar-refractivity contribution in [3.05, 3.63) is 0 Å². The molecule has 0 bridgehead atoms. The van der Waals surface area contributed by atoms with E-state index in [4.69, 9.17) is 21.1 Å². The zero-order valence-corrected chi connectivity index (χ0v) is 6.11. The molecule has 5 heteroatoms. The van der Waals surface area contributed by atoms with Crippen molar-refractivity contribution in [2.75, 3.05) is 0 Å². The van der Waals surface area contributed by atoms with Crippen LogP contribution in [0.5, 0.6) is 0 Å². The summed E-state index contributed by atoms with van der Waals surface area (Å²) in [6, 6.07) is 0. The maximum Gasteiger partial charge on any atom is 0.324 e. The Hall–Kier alpha value is -0.650. The average Bonchev–Trinajstić information content (AvgIpc) is 2.41. The van der Waals surface area contributed by atoms with Gasteiger partial charge in [-0.3, -0.25) is 4.79 Å². The van der Waals surface area contributed by atoms with Crippen LogP contribution in [0.15, 0.2) is 0 Å². The SMILES string of the molecule is CC(O)(O)C1CC1(N)C(=O)O. The summed E-state index contributed by atoms with van der Waals surface area (Å²) in [4.78, 5) is 10.4. The summed E-state index contributed by atoms with van der Waals surface area (Å²) in [5.74, 6) is -3.92. The van der Waals surface area contributed by atoms with Gasteiger partial charge in [0.2, 0.25) is 0 Å². The van der Waals surface area contributed by atoms with Crippen molar-refractivity contribution in [2.45, 2.75) is 24.7 Å². The molecular formula is C6H11NO4. The third-order valence-corrected chi connectivity index (χ3v) is 2.06. The monoisotopic (exact) mass is 161 g/mol. The second kappa shape index (κ2) is 1.94. The Kier molecular flexibility index (Phi) is 1.49. The van der Waals surface area contributed by atoms with Crippen LogP contribution < -0.4 is 5.73 Å². The van der Waals surface area contributed by atoms with Gasteiger partial charge in [-0.25, -0.2) is 0 Å². The van der Waals surface area contributed by atoms with Gasteiger partial charge in [0.1, 0.15) is 5.54 Å². The summed E-state index contributed by atoms with van der Waals surface area (Å²) in [5, 5.41) is 26.4. The van der Waals surface area contributed by atoms with Crippen LogP contribution in [0.4, 0.5) is 0 Å². The van der Waals surface area contributed by atoms with Crippen LogP contribution in [0.3, 0.4) is 0 Å². The Morgan fingerprint density at radius 3 is 2.27 bits per heavy atom. The molecule has 1 aliphatic rings. The largest absolute Gasteiger partial charge is 0.480 e. The number of carboxylic acids is 1.